The summed E-state index contributed by atoms with van der Waals surface area (Å²) >= 11 is 0. The van der Waals surface area contributed by atoms with Gasteiger partial charge in [0.15, 0.2) is 6.10 Å². The highest BCUT2D eigenvalue weighted by atomic mass is 16.5. The molecule has 116 valence electrons. The molecule has 7 heteroatoms. The third kappa shape index (κ3) is 2.92. The number of carbonyl (C=O) groups is 2. The van der Waals surface area contributed by atoms with Gasteiger partial charge in [-0.15, -0.1) is 0 Å². The molecule has 0 spiro atoms. The van der Waals surface area contributed by atoms with E-state index >= 15 is 0 Å². The molecule has 1 aromatic heterocycles. The highest BCUT2D eigenvalue weighted by molar-refractivity contribution is 5.96. The van der Waals surface area contributed by atoms with Crippen molar-refractivity contribution >= 4 is 11.9 Å². The van der Waals surface area contributed by atoms with Crippen molar-refractivity contribution < 1.29 is 19.4 Å². The van der Waals surface area contributed by atoms with Crippen LogP contribution in [-0.4, -0.2) is 57.0 Å². The lowest BCUT2D eigenvalue weighted by Gasteiger charge is -2.35. The summed E-state index contributed by atoms with van der Waals surface area (Å²) in [6.07, 6.45) is -1.27. The van der Waals surface area contributed by atoms with E-state index in [-0.39, 0.29) is 18.6 Å². The molecule has 1 aliphatic rings. The van der Waals surface area contributed by atoms with Crippen LogP contribution in [0.15, 0.2) is 0 Å². The molecule has 1 fully saturated rings. The van der Waals surface area contributed by atoms with E-state index in [9.17, 15) is 9.59 Å². The van der Waals surface area contributed by atoms with Crippen LogP contribution in [-0.2, 0) is 16.1 Å². The summed E-state index contributed by atoms with van der Waals surface area (Å²) in [5, 5.41) is 13.4. The lowest BCUT2D eigenvalue weighted by molar-refractivity contribution is -0.160. The van der Waals surface area contributed by atoms with Gasteiger partial charge in [0.1, 0.15) is 0 Å². The van der Waals surface area contributed by atoms with Gasteiger partial charge in [-0.25, -0.2) is 4.79 Å². The van der Waals surface area contributed by atoms with Crippen LogP contribution in [0.4, 0.5) is 0 Å². The molecule has 1 unspecified atom stereocenters. The van der Waals surface area contributed by atoms with E-state index in [1.54, 1.807) is 23.4 Å². The Balaban J connectivity index is 2.27. The fraction of sp³-hybridized carbons (Fsp3) is 0.643. The highest BCUT2D eigenvalue weighted by Gasteiger charge is 2.34. The third-order valence-corrected chi connectivity index (χ3v) is 3.72. The van der Waals surface area contributed by atoms with Gasteiger partial charge in [-0.1, -0.05) is 0 Å². The van der Waals surface area contributed by atoms with Crippen molar-refractivity contribution in [3.8, 4) is 0 Å². The molecular weight excluding hydrogens is 274 g/mol. The number of rotatable bonds is 3. The van der Waals surface area contributed by atoms with Crippen molar-refractivity contribution in [3.05, 3.63) is 17.0 Å². The van der Waals surface area contributed by atoms with E-state index in [2.05, 4.69) is 5.10 Å². The maximum absolute atomic E-state index is 12.7. The van der Waals surface area contributed by atoms with Crippen LogP contribution >= 0.6 is 0 Å². The molecule has 7 nitrogen and oxygen atoms in total. The number of carboxylic acid groups (broad SMARTS) is 1. The number of amides is 1. The lowest BCUT2D eigenvalue weighted by Crippen LogP contribution is -2.52. The predicted molar refractivity (Wildman–Crippen MR) is 75.2 cm³/mol. The third-order valence-electron chi connectivity index (χ3n) is 3.72. The molecule has 21 heavy (non-hydrogen) atoms. The van der Waals surface area contributed by atoms with Crippen molar-refractivity contribution in [3.63, 3.8) is 0 Å². The Morgan fingerprint density at radius 2 is 2.05 bits per heavy atom. The van der Waals surface area contributed by atoms with Crippen LogP contribution in [0, 0.1) is 13.8 Å². The molecule has 0 aliphatic carbocycles. The minimum absolute atomic E-state index is 0.0642. The molecule has 2 atom stereocenters. The molecule has 0 saturated carbocycles. The lowest BCUT2D eigenvalue weighted by atomic mass is 10.1. The van der Waals surface area contributed by atoms with Crippen LogP contribution in [0.5, 0.6) is 0 Å². The topological polar surface area (TPSA) is 84.7 Å². The quantitative estimate of drug-likeness (QED) is 0.893. The zero-order valence-corrected chi connectivity index (χ0v) is 12.8. The predicted octanol–water partition coefficient (Wildman–Crippen LogP) is 0.834. The van der Waals surface area contributed by atoms with Gasteiger partial charge in [0.2, 0.25) is 0 Å². The number of hydrogen-bond donors (Lipinski definition) is 1. The van der Waals surface area contributed by atoms with Gasteiger partial charge in [0.05, 0.1) is 23.9 Å². The second kappa shape index (κ2) is 5.85. The van der Waals surface area contributed by atoms with Crippen molar-refractivity contribution in [1.29, 1.82) is 0 Å². The second-order valence-electron chi connectivity index (χ2n) is 5.35. The van der Waals surface area contributed by atoms with Gasteiger partial charge >= 0.3 is 5.97 Å². The van der Waals surface area contributed by atoms with E-state index < -0.39 is 12.1 Å². The first kappa shape index (κ1) is 15.5. The summed E-state index contributed by atoms with van der Waals surface area (Å²) in [4.78, 5) is 25.4. The zero-order chi connectivity index (χ0) is 15.7. The first-order valence-electron chi connectivity index (χ1n) is 7.06. The number of carbonyl (C=O) groups excluding carboxylic acids is 1. The first-order valence-corrected chi connectivity index (χ1v) is 7.06. The Labute approximate surface area is 123 Å². The maximum Gasteiger partial charge on any atom is 0.334 e. The van der Waals surface area contributed by atoms with E-state index in [0.29, 0.717) is 24.3 Å². The van der Waals surface area contributed by atoms with E-state index in [1.165, 1.54) is 0 Å². The number of aromatic nitrogens is 2. The number of hydrogen-bond acceptors (Lipinski definition) is 4. The van der Waals surface area contributed by atoms with E-state index in [4.69, 9.17) is 9.84 Å². The largest absolute Gasteiger partial charge is 0.479 e. The number of aryl methyl sites for hydroxylation is 2. The summed E-state index contributed by atoms with van der Waals surface area (Å²) in [6, 6.07) is 0. The molecule has 2 heterocycles. The van der Waals surface area contributed by atoms with Crippen LogP contribution in [0.1, 0.15) is 35.6 Å². The van der Waals surface area contributed by atoms with Crippen LogP contribution < -0.4 is 0 Å². The minimum atomic E-state index is -1.04. The van der Waals surface area contributed by atoms with E-state index in [0.717, 1.165) is 5.69 Å². The summed E-state index contributed by atoms with van der Waals surface area (Å²) in [7, 11) is 0. The number of morpholine rings is 1. The SMILES string of the molecule is CCn1nc(C)c(C(=O)N2CC(C(=O)O)O[C@H](C)C2)c1C. The average molecular weight is 295 g/mol. The zero-order valence-electron chi connectivity index (χ0n) is 12.8. The molecule has 1 amide bonds. The standard InChI is InChI=1S/C14H21N3O4/c1-5-17-10(4)12(9(3)15-17)13(18)16-6-8(2)21-11(7-16)14(19)20/h8,11H,5-7H2,1-4H3,(H,19,20)/t8-,11?/m1/s1. The molecule has 1 saturated heterocycles. The molecular formula is C14H21N3O4. The van der Waals surface area contributed by atoms with Gasteiger partial charge < -0.3 is 14.7 Å². The van der Waals surface area contributed by atoms with Gasteiger partial charge in [0.25, 0.3) is 5.91 Å². The number of nitrogens with zero attached hydrogens (tertiary/aromatic N) is 3. The highest BCUT2D eigenvalue weighted by Crippen LogP contribution is 2.19. The van der Waals surface area contributed by atoms with Gasteiger partial charge in [0, 0.05) is 18.8 Å². The number of ether oxygens (including phenoxy) is 1. The first-order chi connectivity index (χ1) is 9.85. The van der Waals surface area contributed by atoms with Crippen molar-refractivity contribution in [2.45, 2.75) is 46.4 Å². The molecule has 0 bridgehead atoms. The summed E-state index contributed by atoms with van der Waals surface area (Å²) < 4.78 is 7.12. The van der Waals surface area contributed by atoms with Crippen LogP contribution in [0.2, 0.25) is 0 Å². The smallest absolute Gasteiger partial charge is 0.334 e. The normalized spacial score (nSPS) is 22.4. The average Bonchev–Trinajstić information content (AvgIpc) is 2.71. The molecule has 1 aromatic rings. The molecule has 1 aliphatic heterocycles. The Bertz CT molecular complexity index is 567. The van der Waals surface area contributed by atoms with Crippen molar-refractivity contribution in [1.82, 2.24) is 14.7 Å². The van der Waals surface area contributed by atoms with Gasteiger partial charge in [-0.3, -0.25) is 9.48 Å². The van der Waals surface area contributed by atoms with Gasteiger partial charge in [-0.05, 0) is 27.7 Å². The Hall–Kier alpha value is -1.89. The molecule has 1 N–H and O–H groups in total. The van der Waals surface area contributed by atoms with Crippen LogP contribution in [0.3, 0.4) is 0 Å². The van der Waals surface area contributed by atoms with E-state index in [1.807, 2.05) is 13.8 Å². The summed E-state index contributed by atoms with van der Waals surface area (Å²) in [5.41, 5.74) is 2.05. The van der Waals surface area contributed by atoms with Crippen molar-refractivity contribution in [2.75, 3.05) is 13.1 Å². The molecule has 2 rings (SSSR count). The second-order valence-corrected chi connectivity index (χ2v) is 5.35. The van der Waals surface area contributed by atoms with Crippen molar-refractivity contribution in [2.24, 2.45) is 0 Å². The maximum atomic E-state index is 12.7. The fourth-order valence-corrected chi connectivity index (χ4v) is 2.73. The summed E-state index contributed by atoms with van der Waals surface area (Å²) in [5.74, 6) is -1.22. The Kier molecular flexibility index (Phi) is 4.32. The Morgan fingerprint density at radius 1 is 1.38 bits per heavy atom. The molecule has 0 aromatic carbocycles. The number of aliphatic carboxylic acids is 1. The number of carboxylic acids is 1. The minimum Gasteiger partial charge on any atom is -0.479 e. The molecule has 0 radical (unpaired) electrons. The van der Waals surface area contributed by atoms with Gasteiger partial charge in [-0.2, -0.15) is 5.10 Å². The van der Waals surface area contributed by atoms with Crippen LogP contribution in [0.25, 0.3) is 0 Å². The summed E-state index contributed by atoms with van der Waals surface area (Å²) in [6.45, 7) is 8.53. The Morgan fingerprint density at radius 3 is 2.57 bits per heavy atom. The fourth-order valence-electron chi connectivity index (χ4n) is 2.73. The monoisotopic (exact) mass is 295 g/mol.